The average Bonchev–Trinajstić information content (AvgIpc) is 2.62. The molecular formula is C21H20Br2Cl2O2. The largest absolute Gasteiger partial charge is 0.294 e. The van der Waals surface area contributed by atoms with Crippen LogP contribution in [0, 0.1) is 0 Å². The van der Waals surface area contributed by atoms with Crippen molar-refractivity contribution in [2.75, 3.05) is 0 Å². The second-order valence-electron chi connectivity index (χ2n) is 6.42. The Morgan fingerprint density at radius 1 is 0.704 bits per heavy atom. The summed E-state index contributed by atoms with van der Waals surface area (Å²) >= 11 is 19.0. The Labute approximate surface area is 186 Å². The summed E-state index contributed by atoms with van der Waals surface area (Å²) in [6.45, 7) is 0. The third-order valence-corrected chi connectivity index (χ3v) is 6.32. The van der Waals surface area contributed by atoms with E-state index in [1.54, 1.807) is 48.5 Å². The van der Waals surface area contributed by atoms with E-state index in [0.717, 1.165) is 25.7 Å². The van der Waals surface area contributed by atoms with Crippen molar-refractivity contribution in [1.82, 2.24) is 0 Å². The highest BCUT2D eigenvalue weighted by molar-refractivity contribution is 9.25. The van der Waals surface area contributed by atoms with E-state index >= 15 is 0 Å². The number of alkyl halides is 2. The second-order valence-corrected chi connectivity index (χ2v) is 11.4. The molecule has 0 aliphatic rings. The number of hydrogen-bond donors (Lipinski definition) is 0. The highest BCUT2D eigenvalue weighted by Crippen LogP contribution is 2.37. The van der Waals surface area contributed by atoms with Gasteiger partial charge in [0.1, 0.15) is 0 Å². The molecule has 2 aromatic rings. The molecule has 6 heteroatoms. The molecule has 0 amide bonds. The van der Waals surface area contributed by atoms with Gasteiger partial charge < -0.3 is 0 Å². The normalized spacial score (nSPS) is 11.4. The van der Waals surface area contributed by atoms with Gasteiger partial charge in [0.25, 0.3) is 0 Å². The van der Waals surface area contributed by atoms with E-state index in [1.807, 2.05) is 0 Å². The molecule has 0 saturated heterocycles. The first-order chi connectivity index (χ1) is 12.8. The van der Waals surface area contributed by atoms with Crippen LogP contribution in [-0.4, -0.2) is 14.8 Å². The quantitative estimate of drug-likeness (QED) is 0.229. The lowest BCUT2D eigenvalue weighted by atomic mass is 10.0. The zero-order chi connectivity index (χ0) is 19.9. The Bertz CT molecular complexity index is 706. The first-order valence-electron chi connectivity index (χ1n) is 8.72. The van der Waals surface area contributed by atoms with Crippen LogP contribution in [0.5, 0.6) is 0 Å². The van der Waals surface area contributed by atoms with Crippen LogP contribution in [0.2, 0.25) is 10.0 Å². The maximum Gasteiger partial charge on any atom is 0.162 e. The van der Waals surface area contributed by atoms with E-state index in [-0.39, 0.29) is 14.8 Å². The minimum Gasteiger partial charge on any atom is -0.294 e. The third-order valence-electron chi connectivity index (χ3n) is 4.23. The van der Waals surface area contributed by atoms with Crippen molar-refractivity contribution < 1.29 is 9.59 Å². The number of halogens is 4. The summed E-state index contributed by atoms with van der Waals surface area (Å²) in [6.07, 6.45) is 4.05. The SMILES string of the molecule is O=C(CCCC(Br)(Br)CCCC(=O)c1ccc(Cl)cc1)c1ccc(Cl)cc1. The van der Waals surface area contributed by atoms with Crippen molar-refractivity contribution in [1.29, 1.82) is 0 Å². The van der Waals surface area contributed by atoms with Gasteiger partial charge in [0.2, 0.25) is 0 Å². The van der Waals surface area contributed by atoms with E-state index in [4.69, 9.17) is 23.2 Å². The highest BCUT2D eigenvalue weighted by atomic mass is 79.9. The minimum absolute atomic E-state index is 0.111. The summed E-state index contributed by atoms with van der Waals surface area (Å²) in [6, 6.07) is 13.9. The molecule has 0 bridgehead atoms. The van der Waals surface area contributed by atoms with Gasteiger partial charge in [0, 0.05) is 34.0 Å². The zero-order valence-electron chi connectivity index (χ0n) is 14.7. The van der Waals surface area contributed by atoms with Crippen molar-refractivity contribution in [3.63, 3.8) is 0 Å². The van der Waals surface area contributed by atoms with E-state index in [2.05, 4.69) is 31.9 Å². The summed E-state index contributed by atoms with van der Waals surface area (Å²) in [7, 11) is 0. The predicted molar refractivity (Wildman–Crippen MR) is 120 cm³/mol. The fourth-order valence-corrected chi connectivity index (χ4v) is 4.07. The molecule has 2 nitrogen and oxygen atoms in total. The summed E-state index contributed by atoms with van der Waals surface area (Å²) in [4.78, 5) is 24.4. The molecule has 0 unspecified atom stereocenters. The number of rotatable bonds is 10. The van der Waals surface area contributed by atoms with Crippen molar-refractivity contribution >= 4 is 66.6 Å². The van der Waals surface area contributed by atoms with E-state index < -0.39 is 0 Å². The number of carbonyl (C=O) groups is 2. The number of carbonyl (C=O) groups excluding carboxylic acids is 2. The summed E-state index contributed by atoms with van der Waals surface area (Å²) in [5.41, 5.74) is 1.37. The van der Waals surface area contributed by atoms with Crippen LogP contribution >= 0.6 is 55.1 Å². The maximum absolute atomic E-state index is 12.2. The third kappa shape index (κ3) is 8.06. The highest BCUT2D eigenvalue weighted by Gasteiger charge is 2.23. The van der Waals surface area contributed by atoms with Crippen molar-refractivity contribution in [3.8, 4) is 0 Å². The van der Waals surface area contributed by atoms with Gasteiger partial charge in [-0.3, -0.25) is 9.59 Å². The molecule has 27 heavy (non-hydrogen) atoms. The summed E-state index contributed by atoms with van der Waals surface area (Å²) in [5, 5.41) is 1.25. The van der Waals surface area contributed by atoms with Crippen molar-refractivity contribution in [3.05, 3.63) is 69.7 Å². The molecular weight excluding hydrogens is 515 g/mol. The second kappa shape index (κ2) is 10.8. The Morgan fingerprint density at radius 3 is 1.37 bits per heavy atom. The van der Waals surface area contributed by atoms with E-state index in [9.17, 15) is 9.59 Å². The van der Waals surface area contributed by atoms with E-state index in [0.29, 0.717) is 34.0 Å². The van der Waals surface area contributed by atoms with Gasteiger partial charge in [-0.2, -0.15) is 0 Å². The number of hydrogen-bond acceptors (Lipinski definition) is 2. The minimum atomic E-state index is -0.263. The topological polar surface area (TPSA) is 34.1 Å². The van der Waals surface area contributed by atoms with Gasteiger partial charge in [-0.15, -0.1) is 0 Å². The van der Waals surface area contributed by atoms with Gasteiger partial charge in [-0.25, -0.2) is 0 Å². The Kier molecular flexibility index (Phi) is 9.00. The summed E-state index contributed by atoms with van der Waals surface area (Å²) in [5.74, 6) is 0.223. The molecule has 0 aromatic heterocycles. The molecule has 0 heterocycles. The maximum atomic E-state index is 12.2. The molecule has 0 aliphatic carbocycles. The van der Waals surface area contributed by atoms with Crippen molar-refractivity contribution in [2.45, 2.75) is 41.8 Å². The van der Waals surface area contributed by atoms with Gasteiger partial charge >= 0.3 is 0 Å². The predicted octanol–water partition coefficient (Wildman–Crippen LogP) is 7.89. The molecule has 0 spiro atoms. The molecule has 0 N–H and O–H groups in total. The fraction of sp³-hybridized carbons (Fsp3) is 0.333. The van der Waals surface area contributed by atoms with Crippen LogP contribution in [0.15, 0.2) is 48.5 Å². The first kappa shape index (κ1) is 22.6. The van der Waals surface area contributed by atoms with Crippen LogP contribution in [-0.2, 0) is 0 Å². The van der Waals surface area contributed by atoms with Crippen LogP contribution in [0.3, 0.4) is 0 Å². The van der Waals surface area contributed by atoms with E-state index in [1.165, 1.54) is 0 Å². The van der Waals surface area contributed by atoms with Gasteiger partial charge in [0.05, 0.1) is 3.23 Å². The number of ketones is 2. The lowest BCUT2D eigenvalue weighted by Gasteiger charge is -2.20. The molecule has 144 valence electrons. The Morgan fingerprint density at radius 2 is 1.04 bits per heavy atom. The smallest absolute Gasteiger partial charge is 0.162 e. The standard InChI is InChI=1S/C21H20Br2Cl2O2/c22-21(23,13-1-3-19(26)15-5-9-17(24)10-6-15)14-2-4-20(27)16-7-11-18(25)12-8-16/h5-12H,1-4,13-14H2. The lowest BCUT2D eigenvalue weighted by molar-refractivity contribution is 0.0973. The van der Waals surface area contributed by atoms with Crippen molar-refractivity contribution in [2.24, 2.45) is 0 Å². The zero-order valence-corrected chi connectivity index (χ0v) is 19.4. The first-order valence-corrected chi connectivity index (χ1v) is 11.1. The summed E-state index contributed by atoms with van der Waals surface area (Å²) < 4.78 is -0.263. The monoisotopic (exact) mass is 532 g/mol. The fourth-order valence-electron chi connectivity index (χ4n) is 2.70. The van der Waals surface area contributed by atoms with Crippen LogP contribution < -0.4 is 0 Å². The van der Waals surface area contributed by atoms with Gasteiger partial charge in [0.15, 0.2) is 11.6 Å². The molecule has 0 radical (unpaired) electrons. The molecule has 0 aliphatic heterocycles. The van der Waals surface area contributed by atoms with Gasteiger partial charge in [-0.1, -0.05) is 55.1 Å². The number of benzene rings is 2. The number of Topliss-reactive ketones (excluding diaryl/α,β-unsaturated/α-hetero) is 2. The molecule has 0 fully saturated rings. The Balaban J connectivity index is 1.71. The molecule has 2 rings (SSSR count). The molecule has 0 atom stereocenters. The lowest BCUT2D eigenvalue weighted by Crippen LogP contribution is -2.13. The van der Waals surface area contributed by atoms with Crippen LogP contribution in [0.4, 0.5) is 0 Å². The molecule has 2 aromatic carbocycles. The van der Waals surface area contributed by atoms with Gasteiger partial charge in [-0.05, 0) is 74.2 Å². The molecule has 0 saturated carbocycles. The Hall–Kier alpha value is -0.680. The van der Waals surface area contributed by atoms with Crippen LogP contribution in [0.1, 0.15) is 59.2 Å². The van der Waals surface area contributed by atoms with Crippen LogP contribution in [0.25, 0.3) is 0 Å². The average molecular weight is 535 g/mol.